The van der Waals surface area contributed by atoms with Crippen LogP contribution in [0.2, 0.25) is 0 Å². The van der Waals surface area contributed by atoms with Crippen molar-refractivity contribution >= 4 is 23.6 Å². The van der Waals surface area contributed by atoms with Gasteiger partial charge in [-0.25, -0.2) is 0 Å². The van der Waals surface area contributed by atoms with Crippen LogP contribution in [-0.2, 0) is 16.0 Å². The average Bonchev–Trinajstić information content (AvgIpc) is 3.30. The number of amides is 2. The van der Waals surface area contributed by atoms with Crippen LogP contribution >= 0.6 is 11.8 Å². The predicted octanol–water partition coefficient (Wildman–Crippen LogP) is 5.23. The molecular formula is C30H39N5O2S. The highest BCUT2D eigenvalue weighted by Crippen LogP contribution is 2.25. The van der Waals surface area contributed by atoms with Crippen LogP contribution in [0.3, 0.4) is 0 Å². The number of piperazine rings is 1. The lowest BCUT2D eigenvalue weighted by molar-refractivity contribution is -0.148. The lowest BCUT2D eigenvalue weighted by Gasteiger charge is -2.42. The Bertz CT molecular complexity index is 1210. The molecule has 0 unspecified atom stereocenters. The second-order valence-electron chi connectivity index (χ2n) is 11.0. The standard InChI is InChI=1S/C30H39N5O2S/c1-23-22-33(18-19-34(23)28(37)30(2,3)4)27(36)17-11-12-20-38-29-32-31-26(21-24-13-7-5-8-14-24)35(29)25-15-9-6-10-16-25/h5-10,13-16,23H,11-12,17-22H2,1-4H3/t23-/m1/s1. The number of aromatic nitrogens is 3. The van der Waals surface area contributed by atoms with Gasteiger partial charge in [0.15, 0.2) is 5.16 Å². The molecule has 2 heterocycles. The number of unbranched alkanes of at least 4 members (excludes halogenated alkanes) is 1. The van der Waals surface area contributed by atoms with E-state index in [1.807, 2.05) is 73.9 Å². The number of rotatable bonds is 9. The molecule has 3 aromatic rings. The molecule has 1 saturated heterocycles. The lowest BCUT2D eigenvalue weighted by atomic mass is 9.93. The molecular weight excluding hydrogens is 494 g/mol. The highest BCUT2D eigenvalue weighted by atomic mass is 32.2. The molecule has 4 rings (SSSR count). The van der Waals surface area contributed by atoms with Crippen molar-refractivity contribution in [1.82, 2.24) is 24.6 Å². The Labute approximate surface area is 230 Å². The first kappa shape index (κ1) is 27.9. The third-order valence-electron chi connectivity index (χ3n) is 6.82. The van der Waals surface area contributed by atoms with Crippen LogP contribution in [0.15, 0.2) is 65.8 Å². The van der Waals surface area contributed by atoms with E-state index in [9.17, 15) is 9.59 Å². The third-order valence-corrected chi connectivity index (χ3v) is 7.83. The highest BCUT2D eigenvalue weighted by Gasteiger charge is 2.34. The molecule has 202 valence electrons. The van der Waals surface area contributed by atoms with Gasteiger partial charge in [-0.05, 0) is 37.5 Å². The maximum atomic E-state index is 12.9. The minimum atomic E-state index is -0.398. The smallest absolute Gasteiger partial charge is 0.228 e. The van der Waals surface area contributed by atoms with Gasteiger partial charge in [0.05, 0.1) is 0 Å². The Morgan fingerprint density at radius 1 is 0.947 bits per heavy atom. The number of hydrogen-bond acceptors (Lipinski definition) is 5. The third kappa shape index (κ3) is 7.04. The van der Waals surface area contributed by atoms with Gasteiger partial charge in [0.2, 0.25) is 11.8 Å². The van der Waals surface area contributed by atoms with Crippen LogP contribution < -0.4 is 0 Å². The second kappa shape index (κ2) is 12.6. The first-order valence-electron chi connectivity index (χ1n) is 13.5. The van der Waals surface area contributed by atoms with Gasteiger partial charge in [0.1, 0.15) is 5.82 Å². The monoisotopic (exact) mass is 533 g/mol. The van der Waals surface area contributed by atoms with E-state index in [0.717, 1.165) is 35.3 Å². The van der Waals surface area contributed by atoms with E-state index in [-0.39, 0.29) is 17.9 Å². The number of nitrogens with zero attached hydrogens (tertiary/aromatic N) is 5. The SMILES string of the molecule is C[C@@H]1CN(C(=O)CCCCSc2nnc(Cc3ccccc3)n2-c2ccccc2)CCN1C(=O)C(C)(C)C. The topological polar surface area (TPSA) is 71.3 Å². The van der Waals surface area contributed by atoms with E-state index in [1.165, 1.54) is 5.56 Å². The summed E-state index contributed by atoms with van der Waals surface area (Å²) in [6.07, 6.45) is 3.00. The Balaban J connectivity index is 1.28. The number of thioether (sulfide) groups is 1. The Morgan fingerprint density at radius 3 is 2.29 bits per heavy atom. The van der Waals surface area contributed by atoms with Gasteiger partial charge >= 0.3 is 0 Å². The molecule has 38 heavy (non-hydrogen) atoms. The van der Waals surface area contributed by atoms with Crippen LogP contribution in [0.5, 0.6) is 0 Å². The molecule has 0 aliphatic carbocycles. The Hall–Kier alpha value is -3.13. The molecule has 2 aromatic carbocycles. The van der Waals surface area contributed by atoms with Crippen molar-refractivity contribution in [2.24, 2.45) is 5.41 Å². The molecule has 0 N–H and O–H groups in total. The average molecular weight is 534 g/mol. The number of carbonyl (C=O) groups is 2. The summed E-state index contributed by atoms with van der Waals surface area (Å²) in [7, 11) is 0. The zero-order valence-corrected chi connectivity index (χ0v) is 23.8. The van der Waals surface area contributed by atoms with Gasteiger partial charge in [-0.1, -0.05) is 81.1 Å². The normalized spacial score (nSPS) is 16.1. The molecule has 2 amide bonds. The number of benzene rings is 2. The molecule has 0 saturated carbocycles. The summed E-state index contributed by atoms with van der Waals surface area (Å²) in [5, 5.41) is 9.91. The van der Waals surface area contributed by atoms with Crippen LogP contribution in [-0.4, -0.2) is 67.8 Å². The van der Waals surface area contributed by atoms with Crippen molar-refractivity contribution in [2.45, 2.75) is 64.6 Å². The minimum Gasteiger partial charge on any atom is -0.339 e. The Morgan fingerprint density at radius 2 is 1.63 bits per heavy atom. The Kier molecular flexibility index (Phi) is 9.26. The molecule has 1 aliphatic rings. The molecule has 1 aliphatic heterocycles. The second-order valence-corrected chi connectivity index (χ2v) is 12.0. The molecule has 7 nitrogen and oxygen atoms in total. The summed E-state index contributed by atoms with van der Waals surface area (Å²) in [6.45, 7) is 9.72. The lowest BCUT2D eigenvalue weighted by Crippen LogP contribution is -2.57. The molecule has 0 radical (unpaired) electrons. The number of hydrogen-bond donors (Lipinski definition) is 0. The van der Waals surface area contributed by atoms with Gasteiger partial charge in [-0.15, -0.1) is 10.2 Å². The summed E-state index contributed by atoms with van der Waals surface area (Å²) in [5.41, 5.74) is 1.86. The fourth-order valence-corrected chi connectivity index (χ4v) is 5.71. The maximum Gasteiger partial charge on any atom is 0.228 e. The van der Waals surface area contributed by atoms with E-state index in [0.29, 0.717) is 32.5 Å². The highest BCUT2D eigenvalue weighted by molar-refractivity contribution is 7.99. The van der Waals surface area contributed by atoms with Gasteiger partial charge in [0.25, 0.3) is 0 Å². The summed E-state index contributed by atoms with van der Waals surface area (Å²) in [5.74, 6) is 2.12. The van der Waals surface area contributed by atoms with Gasteiger partial charge < -0.3 is 9.80 Å². The fourth-order valence-electron chi connectivity index (χ4n) is 4.74. The molecule has 0 spiro atoms. The predicted molar refractivity (Wildman–Crippen MR) is 152 cm³/mol. The molecule has 8 heteroatoms. The number of para-hydroxylation sites is 1. The van der Waals surface area contributed by atoms with E-state index >= 15 is 0 Å². The quantitative estimate of drug-likeness (QED) is 0.278. The van der Waals surface area contributed by atoms with Crippen LogP contribution in [0, 0.1) is 5.41 Å². The van der Waals surface area contributed by atoms with Crippen molar-refractivity contribution in [3.63, 3.8) is 0 Å². The minimum absolute atomic E-state index is 0.0458. The van der Waals surface area contributed by atoms with Crippen molar-refractivity contribution < 1.29 is 9.59 Å². The van der Waals surface area contributed by atoms with Crippen molar-refractivity contribution in [1.29, 1.82) is 0 Å². The zero-order chi connectivity index (χ0) is 27.1. The van der Waals surface area contributed by atoms with Crippen molar-refractivity contribution in [3.05, 3.63) is 72.1 Å². The van der Waals surface area contributed by atoms with Gasteiger partial charge in [-0.2, -0.15) is 0 Å². The summed E-state index contributed by atoms with van der Waals surface area (Å²) < 4.78 is 2.14. The summed E-state index contributed by atoms with van der Waals surface area (Å²) in [6, 6.07) is 20.6. The summed E-state index contributed by atoms with van der Waals surface area (Å²) in [4.78, 5) is 29.4. The van der Waals surface area contributed by atoms with E-state index in [4.69, 9.17) is 0 Å². The molecule has 1 aromatic heterocycles. The molecule has 1 fully saturated rings. The molecule has 1 atom stereocenters. The fraction of sp³-hybridized carbons (Fsp3) is 0.467. The van der Waals surface area contributed by atoms with Gasteiger partial charge in [-0.3, -0.25) is 14.2 Å². The van der Waals surface area contributed by atoms with Crippen LogP contribution in [0.4, 0.5) is 0 Å². The van der Waals surface area contributed by atoms with Gasteiger partial charge in [0, 0.05) is 55.4 Å². The first-order valence-corrected chi connectivity index (χ1v) is 14.5. The first-order chi connectivity index (χ1) is 18.2. The number of carbonyl (C=O) groups excluding carboxylic acids is 2. The summed E-state index contributed by atoms with van der Waals surface area (Å²) >= 11 is 1.69. The van der Waals surface area contributed by atoms with E-state index in [1.54, 1.807) is 11.8 Å². The zero-order valence-electron chi connectivity index (χ0n) is 23.0. The van der Waals surface area contributed by atoms with Crippen molar-refractivity contribution in [2.75, 3.05) is 25.4 Å². The maximum absolute atomic E-state index is 12.9. The van der Waals surface area contributed by atoms with Crippen LogP contribution in [0.1, 0.15) is 58.3 Å². The van der Waals surface area contributed by atoms with E-state index in [2.05, 4.69) is 39.0 Å². The van der Waals surface area contributed by atoms with Crippen LogP contribution in [0.25, 0.3) is 5.69 Å². The molecule has 0 bridgehead atoms. The van der Waals surface area contributed by atoms with E-state index < -0.39 is 5.41 Å². The largest absolute Gasteiger partial charge is 0.339 e. The van der Waals surface area contributed by atoms with Crippen molar-refractivity contribution in [3.8, 4) is 5.69 Å².